The Bertz CT molecular complexity index is 677. The summed E-state index contributed by atoms with van der Waals surface area (Å²) >= 11 is 1.76. The van der Waals surface area contributed by atoms with Crippen molar-refractivity contribution in [2.75, 3.05) is 7.05 Å². The van der Waals surface area contributed by atoms with E-state index in [-0.39, 0.29) is 6.10 Å². The van der Waals surface area contributed by atoms with Gasteiger partial charge in [-0.25, -0.2) is 0 Å². The van der Waals surface area contributed by atoms with Crippen molar-refractivity contribution in [1.29, 1.82) is 0 Å². The van der Waals surface area contributed by atoms with Crippen molar-refractivity contribution < 1.29 is 4.74 Å². The molecule has 4 heteroatoms. The Morgan fingerprint density at radius 1 is 1.09 bits per heavy atom. The van der Waals surface area contributed by atoms with Gasteiger partial charge >= 0.3 is 0 Å². The molecule has 2 aromatic carbocycles. The van der Waals surface area contributed by atoms with Gasteiger partial charge in [0.25, 0.3) is 0 Å². The summed E-state index contributed by atoms with van der Waals surface area (Å²) in [4.78, 5) is 1.29. The second-order valence-electron chi connectivity index (χ2n) is 4.80. The van der Waals surface area contributed by atoms with Crippen LogP contribution in [-0.4, -0.2) is 7.05 Å². The first-order chi connectivity index (χ1) is 10.8. The van der Waals surface area contributed by atoms with Gasteiger partial charge in [0.15, 0.2) is 0 Å². The minimum atomic E-state index is 0.144. The molecule has 0 aliphatic rings. The zero-order chi connectivity index (χ0) is 15.8. The molecular formula is C18H22N2OS. The first-order valence-electron chi connectivity index (χ1n) is 7.35. The average Bonchev–Trinajstić information content (AvgIpc) is 3.08. The number of hydrogen-bond donors (Lipinski definition) is 2. The Balaban J connectivity index is 0.000000545. The Hall–Kier alpha value is -1.88. The molecule has 1 unspecified atom stereocenters. The molecular weight excluding hydrogens is 292 g/mol. The van der Waals surface area contributed by atoms with E-state index in [1.165, 1.54) is 15.6 Å². The van der Waals surface area contributed by atoms with Crippen LogP contribution in [0.3, 0.4) is 0 Å². The predicted molar refractivity (Wildman–Crippen MR) is 95.2 cm³/mol. The molecule has 0 spiro atoms. The molecule has 3 nitrogen and oxygen atoms in total. The van der Waals surface area contributed by atoms with Crippen molar-refractivity contribution >= 4 is 22.1 Å². The first kappa shape index (κ1) is 16.5. The van der Waals surface area contributed by atoms with Gasteiger partial charge < -0.3 is 4.74 Å². The Kier molecular flexibility index (Phi) is 6.40. The van der Waals surface area contributed by atoms with Crippen LogP contribution in [-0.2, 0) is 0 Å². The minimum Gasteiger partial charge on any atom is -0.484 e. The molecule has 1 atom stereocenters. The highest BCUT2D eigenvalue weighted by Gasteiger charge is 2.13. The van der Waals surface area contributed by atoms with E-state index in [4.69, 9.17) is 4.74 Å². The molecule has 0 amide bonds. The summed E-state index contributed by atoms with van der Waals surface area (Å²) in [5.74, 6) is 5.57. The SMILES string of the molecule is CCC(Oc1cccc2ccccc12)c1cccs1.CNN. The van der Waals surface area contributed by atoms with E-state index < -0.39 is 0 Å². The zero-order valence-electron chi connectivity index (χ0n) is 13.0. The smallest absolute Gasteiger partial charge is 0.133 e. The summed E-state index contributed by atoms with van der Waals surface area (Å²) < 4.78 is 6.23. The maximum absolute atomic E-state index is 6.23. The minimum absolute atomic E-state index is 0.144. The second kappa shape index (κ2) is 8.54. The highest BCUT2D eigenvalue weighted by Crippen LogP contribution is 2.32. The number of fused-ring (bicyclic) bond motifs is 1. The standard InChI is InChI=1S/C17H16OS.CH6N2/c1-2-15(17-11-6-12-19-17)18-16-10-5-8-13-7-3-4-9-14(13)16;1-3-2/h3-12,15H,2H2,1H3;3H,2H2,1H3. The Labute approximate surface area is 135 Å². The molecule has 0 aliphatic heterocycles. The summed E-state index contributed by atoms with van der Waals surface area (Å²) in [6.45, 7) is 2.16. The summed E-state index contributed by atoms with van der Waals surface area (Å²) in [6.07, 6.45) is 1.12. The Morgan fingerprint density at radius 3 is 2.50 bits per heavy atom. The van der Waals surface area contributed by atoms with E-state index in [1.807, 2.05) is 0 Å². The van der Waals surface area contributed by atoms with Crippen LogP contribution < -0.4 is 16.0 Å². The summed E-state index contributed by atoms with van der Waals surface area (Å²) in [5.41, 5.74) is 2.25. The highest BCUT2D eigenvalue weighted by atomic mass is 32.1. The van der Waals surface area contributed by atoms with Crippen LogP contribution >= 0.6 is 11.3 Å². The third-order valence-electron chi connectivity index (χ3n) is 3.25. The highest BCUT2D eigenvalue weighted by molar-refractivity contribution is 7.10. The summed E-state index contributed by atoms with van der Waals surface area (Å²) in [5, 5.41) is 4.51. The number of nitrogens with two attached hydrogens (primary N) is 1. The van der Waals surface area contributed by atoms with Crippen molar-refractivity contribution in [3.8, 4) is 5.75 Å². The van der Waals surface area contributed by atoms with Crippen LogP contribution in [0.5, 0.6) is 5.75 Å². The molecule has 0 saturated heterocycles. The van der Waals surface area contributed by atoms with Crippen molar-refractivity contribution in [1.82, 2.24) is 5.43 Å². The van der Waals surface area contributed by atoms with Crippen LogP contribution in [0.2, 0.25) is 0 Å². The topological polar surface area (TPSA) is 47.3 Å². The van der Waals surface area contributed by atoms with Gasteiger partial charge in [0.1, 0.15) is 11.9 Å². The zero-order valence-corrected chi connectivity index (χ0v) is 13.8. The molecule has 3 rings (SSSR count). The molecule has 0 aliphatic carbocycles. The van der Waals surface area contributed by atoms with E-state index in [0.717, 1.165) is 12.2 Å². The first-order valence-corrected chi connectivity index (χ1v) is 8.23. The lowest BCUT2D eigenvalue weighted by Crippen LogP contribution is -2.13. The number of benzene rings is 2. The van der Waals surface area contributed by atoms with Gasteiger partial charge in [0.05, 0.1) is 0 Å². The van der Waals surface area contributed by atoms with Gasteiger partial charge in [-0.2, -0.15) is 0 Å². The lowest BCUT2D eigenvalue weighted by molar-refractivity contribution is 0.208. The summed E-state index contributed by atoms with van der Waals surface area (Å²) in [7, 11) is 1.65. The maximum atomic E-state index is 6.23. The van der Waals surface area contributed by atoms with Gasteiger partial charge in [0.2, 0.25) is 0 Å². The monoisotopic (exact) mass is 314 g/mol. The number of thiophene rings is 1. The quantitative estimate of drug-likeness (QED) is 0.550. The molecule has 1 heterocycles. The molecule has 0 fully saturated rings. The summed E-state index contributed by atoms with van der Waals surface area (Å²) in [6, 6.07) is 18.8. The number of hydrogen-bond acceptors (Lipinski definition) is 4. The average molecular weight is 314 g/mol. The van der Waals surface area contributed by atoms with Crippen LogP contribution in [0.1, 0.15) is 24.3 Å². The third kappa shape index (κ3) is 4.07. The normalized spacial score (nSPS) is 11.6. The predicted octanol–water partition coefficient (Wildman–Crippen LogP) is 4.51. The molecule has 0 saturated carbocycles. The van der Waals surface area contributed by atoms with Crippen LogP contribution in [0, 0.1) is 0 Å². The van der Waals surface area contributed by atoms with Gasteiger partial charge in [-0.1, -0.05) is 49.4 Å². The Morgan fingerprint density at radius 2 is 1.82 bits per heavy atom. The third-order valence-corrected chi connectivity index (χ3v) is 4.21. The molecule has 3 N–H and O–H groups in total. The fourth-order valence-corrected chi connectivity index (χ4v) is 3.11. The van der Waals surface area contributed by atoms with Gasteiger partial charge in [-0.05, 0) is 36.4 Å². The van der Waals surface area contributed by atoms with Crippen molar-refractivity contribution in [3.05, 3.63) is 64.9 Å². The second-order valence-corrected chi connectivity index (χ2v) is 5.78. The van der Waals surface area contributed by atoms with Gasteiger partial charge in [0, 0.05) is 10.3 Å². The fourth-order valence-electron chi connectivity index (χ4n) is 2.27. The van der Waals surface area contributed by atoms with Crippen LogP contribution in [0.15, 0.2) is 60.0 Å². The van der Waals surface area contributed by atoms with Crippen LogP contribution in [0.4, 0.5) is 0 Å². The van der Waals surface area contributed by atoms with Crippen molar-refractivity contribution in [2.45, 2.75) is 19.4 Å². The largest absolute Gasteiger partial charge is 0.484 e. The maximum Gasteiger partial charge on any atom is 0.133 e. The number of hydrazine groups is 1. The van der Waals surface area contributed by atoms with Crippen LogP contribution in [0.25, 0.3) is 10.8 Å². The molecule has 22 heavy (non-hydrogen) atoms. The molecule has 0 radical (unpaired) electrons. The van der Waals surface area contributed by atoms with E-state index in [2.05, 4.69) is 78.2 Å². The molecule has 1 aromatic heterocycles. The lowest BCUT2D eigenvalue weighted by atomic mass is 10.1. The van der Waals surface area contributed by atoms with E-state index in [0.29, 0.717) is 0 Å². The number of rotatable bonds is 4. The number of ether oxygens (including phenoxy) is 1. The molecule has 116 valence electrons. The van der Waals surface area contributed by atoms with E-state index >= 15 is 0 Å². The molecule has 0 bridgehead atoms. The van der Waals surface area contributed by atoms with E-state index in [9.17, 15) is 0 Å². The molecule has 3 aromatic rings. The van der Waals surface area contributed by atoms with Gasteiger partial charge in [-0.3, -0.25) is 11.3 Å². The van der Waals surface area contributed by atoms with Crippen molar-refractivity contribution in [2.24, 2.45) is 5.84 Å². The van der Waals surface area contributed by atoms with Gasteiger partial charge in [-0.15, -0.1) is 11.3 Å². The number of nitrogens with one attached hydrogen (secondary N) is 1. The lowest BCUT2D eigenvalue weighted by Gasteiger charge is -2.17. The van der Waals surface area contributed by atoms with E-state index in [1.54, 1.807) is 18.4 Å². The van der Waals surface area contributed by atoms with Crippen molar-refractivity contribution in [3.63, 3.8) is 0 Å². The fraction of sp³-hybridized carbons (Fsp3) is 0.222.